The van der Waals surface area contributed by atoms with Crippen molar-refractivity contribution in [3.8, 4) is 34.3 Å². The summed E-state index contributed by atoms with van der Waals surface area (Å²) < 4.78 is 2.10. The molecule has 0 spiro atoms. The third-order valence-electron chi connectivity index (χ3n) is 6.10. The van der Waals surface area contributed by atoms with Crippen molar-refractivity contribution in [2.45, 2.75) is 0 Å². The summed E-state index contributed by atoms with van der Waals surface area (Å²) >= 11 is 18.6. The number of halogens is 3. The van der Waals surface area contributed by atoms with Crippen LogP contribution < -0.4 is 5.32 Å². The van der Waals surface area contributed by atoms with Crippen LogP contribution in [0.2, 0.25) is 15.1 Å². The molecule has 0 aliphatic carbocycles. The number of nitriles is 1. The molecule has 0 aliphatic heterocycles. The lowest BCUT2D eigenvalue weighted by Gasteiger charge is -2.15. The summed E-state index contributed by atoms with van der Waals surface area (Å²) in [7, 11) is 0. The van der Waals surface area contributed by atoms with Gasteiger partial charge >= 0.3 is 0 Å². The molecule has 0 fully saturated rings. The zero-order valence-electron chi connectivity index (χ0n) is 20.4. The lowest BCUT2D eigenvalue weighted by molar-refractivity contribution is -0.112. The van der Waals surface area contributed by atoms with Crippen molar-refractivity contribution in [3.05, 3.63) is 135 Å². The Bertz CT molecular complexity index is 1720. The Labute approximate surface area is 241 Å². The van der Waals surface area contributed by atoms with Crippen LogP contribution in [0, 0.1) is 11.3 Å². The van der Waals surface area contributed by atoms with E-state index in [2.05, 4.69) is 9.88 Å². The number of aromatic nitrogens is 1. The summed E-state index contributed by atoms with van der Waals surface area (Å²) in [5, 5.41) is 13.8. The molecule has 7 heteroatoms. The Morgan fingerprint density at radius 3 is 2.08 bits per heavy atom. The van der Waals surface area contributed by atoms with E-state index in [4.69, 9.17) is 34.8 Å². The quantitative estimate of drug-likeness (QED) is 0.164. The number of rotatable bonds is 6. The van der Waals surface area contributed by atoms with Crippen LogP contribution in [0.15, 0.2) is 115 Å². The maximum Gasteiger partial charge on any atom is 0.266 e. The summed E-state index contributed by atoms with van der Waals surface area (Å²) in [6, 6.07) is 36.2. The van der Waals surface area contributed by atoms with E-state index in [9.17, 15) is 10.1 Å². The average molecular weight is 569 g/mol. The van der Waals surface area contributed by atoms with Crippen molar-refractivity contribution >= 4 is 52.5 Å². The number of anilines is 1. The predicted molar refractivity (Wildman–Crippen MR) is 160 cm³/mol. The first kappa shape index (κ1) is 26.3. The van der Waals surface area contributed by atoms with Crippen molar-refractivity contribution < 1.29 is 4.79 Å². The predicted octanol–water partition coefficient (Wildman–Crippen LogP) is 9.32. The van der Waals surface area contributed by atoms with E-state index in [0.29, 0.717) is 21.3 Å². The largest absolute Gasteiger partial charge is 0.320 e. The highest BCUT2D eigenvalue weighted by Gasteiger charge is 2.21. The molecular weight excluding hydrogens is 549 g/mol. The van der Waals surface area contributed by atoms with Crippen LogP contribution in [0.3, 0.4) is 0 Å². The number of nitrogens with one attached hydrogen (secondary N) is 1. The third-order valence-corrected chi connectivity index (χ3v) is 7.17. The van der Waals surface area contributed by atoms with Gasteiger partial charge in [-0.2, -0.15) is 5.26 Å². The molecule has 5 aromatic rings. The number of hydrogen-bond acceptors (Lipinski definition) is 2. The van der Waals surface area contributed by atoms with Gasteiger partial charge in [0.1, 0.15) is 11.6 Å². The van der Waals surface area contributed by atoms with E-state index in [1.165, 1.54) is 0 Å². The van der Waals surface area contributed by atoms with Crippen molar-refractivity contribution in [2.24, 2.45) is 0 Å². The van der Waals surface area contributed by atoms with E-state index in [1.54, 1.807) is 24.3 Å². The molecule has 0 bridgehead atoms. The van der Waals surface area contributed by atoms with Gasteiger partial charge in [-0.3, -0.25) is 4.79 Å². The average Bonchev–Trinajstić information content (AvgIpc) is 3.34. The minimum Gasteiger partial charge on any atom is -0.320 e. The Hall–Kier alpha value is -4.27. The zero-order valence-corrected chi connectivity index (χ0v) is 22.7. The van der Waals surface area contributed by atoms with Gasteiger partial charge in [0.25, 0.3) is 5.91 Å². The molecule has 0 aliphatic rings. The standard InChI is InChI=1S/C32H20Cl3N3O/c33-25-14-16-26(17-15-25)38-29(21-8-3-1-4-9-21)19-23(31(38)22-10-5-2-6-11-22)18-24(20-36)32(39)37-28-13-7-12-27(34)30(28)35/h1-19H,(H,37,39)/b24-18+. The number of carbonyl (C=O) groups excluding carboxylic acids is 1. The second-order valence-electron chi connectivity index (χ2n) is 8.60. The van der Waals surface area contributed by atoms with Gasteiger partial charge in [-0.1, -0.05) is 102 Å². The van der Waals surface area contributed by atoms with Gasteiger partial charge in [0.05, 0.1) is 27.1 Å². The molecule has 0 atom stereocenters. The highest BCUT2D eigenvalue weighted by Crippen LogP contribution is 2.37. The van der Waals surface area contributed by atoms with Crippen LogP contribution >= 0.6 is 34.8 Å². The Morgan fingerprint density at radius 1 is 0.795 bits per heavy atom. The molecule has 0 saturated heterocycles. The summed E-state index contributed by atoms with van der Waals surface area (Å²) in [6.45, 7) is 0. The smallest absolute Gasteiger partial charge is 0.266 e. The van der Waals surface area contributed by atoms with Gasteiger partial charge in [0.2, 0.25) is 0 Å². The van der Waals surface area contributed by atoms with Crippen LogP contribution in [-0.4, -0.2) is 10.5 Å². The van der Waals surface area contributed by atoms with E-state index >= 15 is 0 Å². The first-order valence-electron chi connectivity index (χ1n) is 12.0. The number of hydrogen-bond donors (Lipinski definition) is 1. The van der Waals surface area contributed by atoms with E-state index in [1.807, 2.05) is 97.1 Å². The van der Waals surface area contributed by atoms with Crippen LogP contribution in [0.1, 0.15) is 5.56 Å². The van der Waals surface area contributed by atoms with Crippen LogP contribution in [0.4, 0.5) is 5.69 Å². The molecule has 5 rings (SSSR count). The second-order valence-corrected chi connectivity index (χ2v) is 9.82. The summed E-state index contributed by atoms with van der Waals surface area (Å²) in [6.07, 6.45) is 1.59. The van der Waals surface area contributed by atoms with Gasteiger partial charge in [0.15, 0.2) is 0 Å². The molecule has 4 nitrogen and oxygen atoms in total. The van der Waals surface area contributed by atoms with Gasteiger partial charge in [0, 0.05) is 16.3 Å². The van der Waals surface area contributed by atoms with E-state index in [0.717, 1.165) is 28.2 Å². The second kappa shape index (κ2) is 11.6. The fourth-order valence-electron chi connectivity index (χ4n) is 4.31. The Balaban J connectivity index is 1.72. The van der Waals surface area contributed by atoms with Crippen molar-refractivity contribution in [3.63, 3.8) is 0 Å². The monoisotopic (exact) mass is 567 g/mol. The van der Waals surface area contributed by atoms with Crippen molar-refractivity contribution in [2.75, 3.05) is 5.32 Å². The van der Waals surface area contributed by atoms with Gasteiger partial charge < -0.3 is 9.88 Å². The molecule has 39 heavy (non-hydrogen) atoms. The Morgan fingerprint density at radius 2 is 1.44 bits per heavy atom. The molecule has 1 N–H and O–H groups in total. The molecule has 1 aromatic heterocycles. The lowest BCUT2D eigenvalue weighted by atomic mass is 10.0. The molecule has 0 saturated carbocycles. The Kier molecular flexibility index (Phi) is 7.86. The highest BCUT2D eigenvalue weighted by molar-refractivity contribution is 6.44. The first-order chi connectivity index (χ1) is 19.0. The molecule has 190 valence electrons. The number of benzene rings is 4. The summed E-state index contributed by atoms with van der Waals surface area (Å²) in [4.78, 5) is 13.2. The molecule has 1 amide bonds. The normalized spacial score (nSPS) is 11.2. The minimum atomic E-state index is -0.596. The van der Waals surface area contributed by atoms with Gasteiger partial charge in [-0.25, -0.2) is 0 Å². The fourth-order valence-corrected chi connectivity index (χ4v) is 4.78. The molecule has 1 heterocycles. The summed E-state index contributed by atoms with van der Waals surface area (Å²) in [5.41, 5.74) is 5.40. The molecule has 0 unspecified atom stereocenters. The van der Waals surface area contributed by atoms with E-state index in [-0.39, 0.29) is 10.6 Å². The fraction of sp³-hybridized carbons (Fsp3) is 0. The maximum absolute atomic E-state index is 13.2. The molecule has 4 aromatic carbocycles. The zero-order chi connectivity index (χ0) is 27.4. The topological polar surface area (TPSA) is 57.8 Å². The van der Waals surface area contributed by atoms with Crippen LogP contribution in [-0.2, 0) is 4.79 Å². The third kappa shape index (κ3) is 5.62. The van der Waals surface area contributed by atoms with Crippen LogP contribution in [0.25, 0.3) is 34.3 Å². The summed E-state index contributed by atoms with van der Waals surface area (Å²) in [5.74, 6) is -0.596. The maximum atomic E-state index is 13.2. The molecular formula is C32H20Cl3N3O. The lowest BCUT2D eigenvalue weighted by Crippen LogP contribution is -2.13. The van der Waals surface area contributed by atoms with E-state index < -0.39 is 5.91 Å². The van der Waals surface area contributed by atoms with Crippen LogP contribution in [0.5, 0.6) is 0 Å². The highest BCUT2D eigenvalue weighted by atomic mass is 35.5. The first-order valence-corrected chi connectivity index (χ1v) is 13.1. The van der Waals surface area contributed by atoms with Gasteiger partial charge in [-0.15, -0.1) is 0 Å². The number of nitrogens with zero attached hydrogens (tertiary/aromatic N) is 2. The number of carbonyl (C=O) groups is 1. The van der Waals surface area contributed by atoms with Crippen molar-refractivity contribution in [1.29, 1.82) is 5.26 Å². The van der Waals surface area contributed by atoms with Crippen molar-refractivity contribution in [1.82, 2.24) is 4.57 Å². The SMILES string of the molecule is N#C/C(=C\c1cc(-c2ccccc2)n(-c2ccc(Cl)cc2)c1-c1ccccc1)C(=O)Nc1cccc(Cl)c1Cl. The minimum absolute atomic E-state index is 0.0870. The molecule has 0 radical (unpaired) electrons. The van der Waals surface area contributed by atoms with Gasteiger partial charge in [-0.05, 0) is 59.7 Å². The number of amides is 1.